The highest BCUT2D eigenvalue weighted by atomic mass is 16.4. The van der Waals surface area contributed by atoms with Crippen molar-refractivity contribution in [3.63, 3.8) is 0 Å². The number of hydrogen-bond acceptors (Lipinski definition) is 4. The molecule has 136 valence electrons. The third kappa shape index (κ3) is 4.27. The largest absolute Gasteiger partial charge is 0.480 e. The van der Waals surface area contributed by atoms with Crippen molar-refractivity contribution in [2.24, 2.45) is 5.92 Å². The maximum absolute atomic E-state index is 12.6. The summed E-state index contributed by atoms with van der Waals surface area (Å²) in [5, 5.41) is 15.5. The Labute approximate surface area is 150 Å². The molecule has 0 saturated carbocycles. The lowest BCUT2D eigenvalue weighted by atomic mass is 9.96. The van der Waals surface area contributed by atoms with Crippen molar-refractivity contribution in [3.05, 3.63) is 48.2 Å². The minimum absolute atomic E-state index is 0.0752. The van der Waals surface area contributed by atoms with Crippen LogP contribution in [0.15, 0.2) is 42.6 Å². The SMILES string of the molecule is O=C(O)Cn1ccc(NC(=O)C2CCCN(C(=O)c3ccccc3)C2)n1. The van der Waals surface area contributed by atoms with E-state index in [1.807, 2.05) is 18.2 Å². The zero-order valence-electron chi connectivity index (χ0n) is 14.2. The molecule has 0 spiro atoms. The number of nitrogens with one attached hydrogen (secondary N) is 1. The van der Waals surface area contributed by atoms with Gasteiger partial charge in [0.2, 0.25) is 5.91 Å². The number of amides is 2. The molecule has 2 aromatic rings. The highest BCUT2D eigenvalue weighted by Crippen LogP contribution is 2.20. The second-order valence-corrected chi connectivity index (χ2v) is 6.24. The van der Waals surface area contributed by atoms with E-state index in [9.17, 15) is 14.4 Å². The van der Waals surface area contributed by atoms with Crippen LogP contribution < -0.4 is 5.32 Å². The van der Waals surface area contributed by atoms with Crippen LogP contribution >= 0.6 is 0 Å². The lowest BCUT2D eigenvalue weighted by molar-refractivity contribution is -0.137. The van der Waals surface area contributed by atoms with E-state index in [0.717, 1.165) is 6.42 Å². The van der Waals surface area contributed by atoms with E-state index >= 15 is 0 Å². The van der Waals surface area contributed by atoms with Gasteiger partial charge in [-0.15, -0.1) is 0 Å². The Kier molecular flexibility index (Phi) is 5.31. The second kappa shape index (κ2) is 7.81. The van der Waals surface area contributed by atoms with Gasteiger partial charge < -0.3 is 15.3 Å². The molecule has 1 aliphatic heterocycles. The van der Waals surface area contributed by atoms with Crippen LogP contribution in [0.4, 0.5) is 5.82 Å². The maximum Gasteiger partial charge on any atom is 0.325 e. The molecule has 2 amide bonds. The number of aromatic nitrogens is 2. The number of carbonyl (C=O) groups excluding carboxylic acids is 2. The molecule has 3 rings (SSSR count). The summed E-state index contributed by atoms with van der Waals surface area (Å²) in [5.41, 5.74) is 0.612. The molecule has 0 aliphatic carbocycles. The Hall–Kier alpha value is -3.16. The van der Waals surface area contributed by atoms with Crippen molar-refractivity contribution in [3.8, 4) is 0 Å². The number of nitrogens with zero attached hydrogens (tertiary/aromatic N) is 3. The molecule has 0 bridgehead atoms. The average Bonchev–Trinajstić information content (AvgIpc) is 3.08. The van der Waals surface area contributed by atoms with Crippen molar-refractivity contribution < 1.29 is 19.5 Å². The zero-order chi connectivity index (χ0) is 18.5. The van der Waals surface area contributed by atoms with Gasteiger partial charge in [-0.25, -0.2) is 0 Å². The van der Waals surface area contributed by atoms with E-state index in [0.29, 0.717) is 30.9 Å². The van der Waals surface area contributed by atoms with Crippen molar-refractivity contribution >= 4 is 23.6 Å². The first-order valence-electron chi connectivity index (χ1n) is 8.43. The summed E-state index contributed by atoms with van der Waals surface area (Å²) in [6.07, 6.45) is 2.94. The summed E-state index contributed by atoms with van der Waals surface area (Å²) < 4.78 is 1.24. The van der Waals surface area contributed by atoms with Crippen LogP contribution in [0.25, 0.3) is 0 Å². The van der Waals surface area contributed by atoms with Crippen molar-refractivity contribution in [1.29, 1.82) is 0 Å². The first-order chi connectivity index (χ1) is 12.5. The summed E-state index contributed by atoms with van der Waals surface area (Å²) in [6, 6.07) is 10.6. The van der Waals surface area contributed by atoms with Crippen LogP contribution in [0, 0.1) is 5.92 Å². The molecule has 2 heterocycles. The molecule has 1 atom stereocenters. The number of piperidine rings is 1. The monoisotopic (exact) mass is 356 g/mol. The number of hydrogen-bond donors (Lipinski definition) is 2. The molecule has 1 saturated heterocycles. The minimum Gasteiger partial charge on any atom is -0.480 e. The number of carbonyl (C=O) groups is 3. The Bertz CT molecular complexity index is 803. The number of rotatable bonds is 5. The Morgan fingerprint density at radius 2 is 1.96 bits per heavy atom. The summed E-state index contributed by atoms with van der Waals surface area (Å²) in [4.78, 5) is 37.4. The predicted octanol–water partition coefficient (Wildman–Crippen LogP) is 1.46. The van der Waals surface area contributed by atoms with E-state index in [1.54, 1.807) is 23.1 Å². The van der Waals surface area contributed by atoms with E-state index in [4.69, 9.17) is 5.11 Å². The number of likely N-dealkylation sites (tertiary alicyclic amines) is 1. The number of carboxylic acid groups (broad SMARTS) is 1. The van der Waals surface area contributed by atoms with E-state index < -0.39 is 5.97 Å². The van der Waals surface area contributed by atoms with Gasteiger partial charge in [-0.1, -0.05) is 18.2 Å². The normalized spacial score (nSPS) is 16.9. The first kappa shape index (κ1) is 17.7. The van der Waals surface area contributed by atoms with Gasteiger partial charge in [0.15, 0.2) is 5.82 Å². The van der Waals surface area contributed by atoms with E-state index in [2.05, 4.69) is 10.4 Å². The lowest BCUT2D eigenvalue weighted by Crippen LogP contribution is -2.43. The number of carboxylic acids is 1. The summed E-state index contributed by atoms with van der Waals surface area (Å²) in [7, 11) is 0. The number of anilines is 1. The average molecular weight is 356 g/mol. The van der Waals surface area contributed by atoms with Crippen molar-refractivity contribution in [1.82, 2.24) is 14.7 Å². The van der Waals surface area contributed by atoms with Gasteiger partial charge in [0.25, 0.3) is 5.91 Å². The minimum atomic E-state index is -1.01. The number of benzene rings is 1. The van der Waals surface area contributed by atoms with Crippen LogP contribution in [0.1, 0.15) is 23.2 Å². The van der Waals surface area contributed by atoms with Crippen LogP contribution in [0.2, 0.25) is 0 Å². The summed E-state index contributed by atoms with van der Waals surface area (Å²) >= 11 is 0. The van der Waals surface area contributed by atoms with Gasteiger partial charge >= 0.3 is 5.97 Å². The van der Waals surface area contributed by atoms with Gasteiger partial charge in [-0.3, -0.25) is 19.1 Å². The molecule has 8 heteroatoms. The Morgan fingerprint density at radius 1 is 1.19 bits per heavy atom. The third-order valence-electron chi connectivity index (χ3n) is 4.29. The quantitative estimate of drug-likeness (QED) is 0.844. The molecule has 1 aromatic heterocycles. The Morgan fingerprint density at radius 3 is 2.69 bits per heavy atom. The predicted molar refractivity (Wildman–Crippen MR) is 93.6 cm³/mol. The molecule has 8 nitrogen and oxygen atoms in total. The fourth-order valence-electron chi connectivity index (χ4n) is 3.02. The fraction of sp³-hybridized carbons (Fsp3) is 0.333. The van der Waals surface area contributed by atoms with Crippen LogP contribution in [-0.4, -0.2) is 50.7 Å². The topological polar surface area (TPSA) is 105 Å². The summed E-state index contributed by atoms with van der Waals surface area (Å²) in [6.45, 7) is 0.721. The fourth-order valence-corrected chi connectivity index (χ4v) is 3.02. The highest BCUT2D eigenvalue weighted by molar-refractivity contribution is 5.96. The van der Waals surface area contributed by atoms with Gasteiger partial charge in [-0.2, -0.15) is 5.10 Å². The van der Waals surface area contributed by atoms with Gasteiger partial charge in [0.1, 0.15) is 6.54 Å². The molecule has 1 aromatic carbocycles. The highest BCUT2D eigenvalue weighted by Gasteiger charge is 2.29. The van der Waals surface area contributed by atoms with Crippen LogP contribution in [0.5, 0.6) is 0 Å². The first-order valence-corrected chi connectivity index (χ1v) is 8.43. The lowest BCUT2D eigenvalue weighted by Gasteiger charge is -2.32. The molecule has 2 N–H and O–H groups in total. The van der Waals surface area contributed by atoms with Crippen molar-refractivity contribution in [2.75, 3.05) is 18.4 Å². The second-order valence-electron chi connectivity index (χ2n) is 6.24. The van der Waals surface area contributed by atoms with E-state index in [-0.39, 0.29) is 24.3 Å². The summed E-state index contributed by atoms with van der Waals surface area (Å²) in [5.74, 6) is -1.30. The van der Waals surface area contributed by atoms with Gasteiger partial charge in [-0.05, 0) is 25.0 Å². The van der Waals surface area contributed by atoms with Crippen LogP contribution in [0.3, 0.4) is 0 Å². The number of aliphatic carboxylic acids is 1. The van der Waals surface area contributed by atoms with E-state index in [1.165, 1.54) is 10.9 Å². The smallest absolute Gasteiger partial charge is 0.325 e. The van der Waals surface area contributed by atoms with Gasteiger partial charge in [0, 0.05) is 30.9 Å². The molecule has 26 heavy (non-hydrogen) atoms. The standard InChI is InChI=1S/C18H20N4O4/c23-16(24)12-22-10-8-15(20-22)19-17(25)14-7-4-9-21(11-14)18(26)13-5-2-1-3-6-13/h1-3,5-6,8,10,14H,4,7,9,11-12H2,(H,23,24)(H,19,20,25). The molecule has 1 fully saturated rings. The molecule has 0 radical (unpaired) electrons. The molecule has 1 aliphatic rings. The Balaban J connectivity index is 1.60. The zero-order valence-corrected chi connectivity index (χ0v) is 14.2. The van der Waals surface area contributed by atoms with Gasteiger partial charge in [0.05, 0.1) is 5.92 Å². The third-order valence-corrected chi connectivity index (χ3v) is 4.29. The molecular weight excluding hydrogens is 336 g/mol. The van der Waals surface area contributed by atoms with Crippen molar-refractivity contribution in [2.45, 2.75) is 19.4 Å². The van der Waals surface area contributed by atoms with Crippen LogP contribution in [-0.2, 0) is 16.1 Å². The molecule has 1 unspecified atom stereocenters. The maximum atomic E-state index is 12.6. The molecular formula is C18H20N4O4.